The first kappa shape index (κ1) is 22.4. The molecule has 0 saturated heterocycles. The second-order valence-electron chi connectivity index (χ2n) is 7.63. The zero-order valence-corrected chi connectivity index (χ0v) is 19.1. The van der Waals surface area contributed by atoms with E-state index in [0.29, 0.717) is 11.2 Å². The maximum atomic E-state index is 13.4. The average molecular weight is 487 g/mol. The van der Waals surface area contributed by atoms with Crippen molar-refractivity contribution in [1.82, 2.24) is 19.9 Å². The molecule has 1 amide bonds. The lowest BCUT2D eigenvalue weighted by molar-refractivity contribution is -0.124. The molecule has 0 aliphatic rings. The molecule has 174 valence electrons. The fraction of sp³-hybridized carbons (Fsp3) is 0.0769. The van der Waals surface area contributed by atoms with Crippen molar-refractivity contribution in [2.45, 2.75) is 6.04 Å². The molecule has 9 heteroatoms. The Morgan fingerprint density at radius 3 is 2.57 bits per heavy atom. The van der Waals surface area contributed by atoms with Crippen LogP contribution in [-0.2, 0) is 9.53 Å². The summed E-state index contributed by atoms with van der Waals surface area (Å²) in [6, 6.07) is 20.6. The van der Waals surface area contributed by atoms with Gasteiger partial charge in [-0.3, -0.25) is 4.79 Å². The van der Waals surface area contributed by atoms with Crippen LogP contribution in [0.2, 0.25) is 0 Å². The van der Waals surface area contributed by atoms with Crippen LogP contribution in [0.5, 0.6) is 0 Å². The third kappa shape index (κ3) is 4.80. The summed E-state index contributed by atoms with van der Waals surface area (Å²) >= 11 is 1.46. The van der Waals surface area contributed by atoms with E-state index in [0.717, 1.165) is 16.1 Å². The third-order valence-electron chi connectivity index (χ3n) is 5.36. The molecule has 1 atom stereocenters. The van der Waals surface area contributed by atoms with E-state index >= 15 is 0 Å². The van der Waals surface area contributed by atoms with Crippen LogP contribution in [0.15, 0.2) is 90.6 Å². The van der Waals surface area contributed by atoms with E-state index in [1.807, 2.05) is 47.8 Å². The molecule has 7 nitrogen and oxygen atoms in total. The van der Waals surface area contributed by atoms with Crippen LogP contribution >= 0.6 is 11.3 Å². The lowest BCUT2D eigenvalue weighted by atomic mass is 10.1. The van der Waals surface area contributed by atoms with Gasteiger partial charge in [0.15, 0.2) is 12.3 Å². The van der Waals surface area contributed by atoms with Gasteiger partial charge in [-0.25, -0.2) is 18.7 Å². The average Bonchev–Trinajstić information content (AvgIpc) is 3.57. The van der Waals surface area contributed by atoms with E-state index in [2.05, 4.69) is 15.4 Å². The molecule has 35 heavy (non-hydrogen) atoms. The minimum absolute atomic E-state index is 0.156. The summed E-state index contributed by atoms with van der Waals surface area (Å²) in [5, 5.41) is 9.04. The molecule has 3 aromatic heterocycles. The number of nitrogens with zero attached hydrogens (tertiary/aromatic N) is 3. The predicted octanol–water partition coefficient (Wildman–Crippen LogP) is 4.66. The van der Waals surface area contributed by atoms with Gasteiger partial charge in [-0.05, 0) is 35.2 Å². The van der Waals surface area contributed by atoms with Gasteiger partial charge >= 0.3 is 5.97 Å². The van der Waals surface area contributed by atoms with E-state index in [1.165, 1.54) is 29.7 Å². The molecular weight excluding hydrogens is 467 g/mol. The van der Waals surface area contributed by atoms with Crippen LogP contribution in [0, 0.1) is 5.82 Å². The van der Waals surface area contributed by atoms with Gasteiger partial charge in [-0.2, -0.15) is 5.10 Å². The second kappa shape index (κ2) is 9.86. The van der Waals surface area contributed by atoms with Crippen LogP contribution in [0.25, 0.3) is 16.9 Å². The number of thiophene rings is 1. The number of halogens is 1. The highest BCUT2D eigenvalue weighted by Crippen LogP contribution is 2.26. The van der Waals surface area contributed by atoms with E-state index in [9.17, 15) is 14.0 Å². The monoisotopic (exact) mass is 486 g/mol. The molecule has 0 bridgehead atoms. The first-order valence-corrected chi connectivity index (χ1v) is 11.6. The summed E-state index contributed by atoms with van der Waals surface area (Å²) in [5.74, 6) is -1.56. The maximum absolute atomic E-state index is 13.4. The van der Waals surface area contributed by atoms with Crippen LogP contribution in [0.1, 0.15) is 26.8 Å². The van der Waals surface area contributed by atoms with Gasteiger partial charge in [-0.1, -0.05) is 48.5 Å². The standard InChI is InChI=1S/C26H19FN4O3S/c27-19-10-8-18(9-11-19)24(22-7-4-14-35-22)30-23(32)16-34-26(33)20-15-29-31-21(12-13-28-25(20)31)17-5-2-1-3-6-17/h1-15,24H,16H2,(H,30,32). The summed E-state index contributed by atoms with van der Waals surface area (Å²) in [7, 11) is 0. The normalized spacial score (nSPS) is 11.8. The number of aromatic nitrogens is 3. The molecule has 3 heterocycles. The van der Waals surface area contributed by atoms with Crippen LogP contribution in [0.3, 0.4) is 0 Å². The molecule has 0 fully saturated rings. The minimum atomic E-state index is -0.706. The van der Waals surface area contributed by atoms with Crippen LogP contribution < -0.4 is 5.32 Å². The molecule has 5 aromatic rings. The molecule has 1 N–H and O–H groups in total. The number of rotatable bonds is 7. The predicted molar refractivity (Wildman–Crippen MR) is 129 cm³/mol. The highest BCUT2D eigenvalue weighted by molar-refractivity contribution is 7.10. The van der Waals surface area contributed by atoms with Crippen molar-refractivity contribution in [1.29, 1.82) is 0 Å². The summed E-state index contributed by atoms with van der Waals surface area (Å²) in [4.78, 5) is 30.6. The second-order valence-corrected chi connectivity index (χ2v) is 8.61. The Labute approximate surface area is 203 Å². The van der Waals surface area contributed by atoms with E-state index in [1.54, 1.807) is 28.9 Å². The van der Waals surface area contributed by atoms with Gasteiger partial charge in [0, 0.05) is 16.6 Å². The molecular formula is C26H19FN4O3S. The van der Waals surface area contributed by atoms with Crippen molar-refractivity contribution in [3.8, 4) is 11.3 Å². The zero-order valence-electron chi connectivity index (χ0n) is 18.3. The number of amides is 1. The van der Waals surface area contributed by atoms with E-state index in [4.69, 9.17) is 4.74 Å². The number of fused-ring (bicyclic) bond motifs is 1. The molecule has 2 aromatic carbocycles. The lowest BCUT2D eigenvalue weighted by Gasteiger charge is -2.18. The molecule has 0 radical (unpaired) electrons. The molecule has 0 spiro atoms. The minimum Gasteiger partial charge on any atom is -0.452 e. The van der Waals surface area contributed by atoms with Gasteiger partial charge in [0.2, 0.25) is 0 Å². The van der Waals surface area contributed by atoms with Crippen molar-refractivity contribution < 1.29 is 18.7 Å². The lowest BCUT2D eigenvalue weighted by Crippen LogP contribution is -2.32. The van der Waals surface area contributed by atoms with Crippen LogP contribution in [-0.4, -0.2) is 33.1 Å². The number of carbonyl (C=O) groups excluding carboxylic acids is 2. The van der Waals surface area contributed by atoms with Gasteiger partial charge < -0.3 is 10.1 Å². The fourth-order valence-electron chi connectivity index (χ4n) is 3.70. The molecule has 0 aliphatic carbocycles. The van der Waals surface area contributed by atoms with Gasteiger partial charge in [0.25, 0.3) is 5.91 Å². The van der Waals surface area contributed by atoms with Crippen molar-refractivity contribution in [2.24, 2.45) is 0 Å². The summed E-state index contributed by atoms with van der Waals surface area (Å²) in [5.41, 5.74) is 2.89. The quantitative estimate of drug-likeness (QED) is 0.338. The van der Waals surface area contributed by atoms with Gasteiger partial charge in [0.1, 0.15) is 11.4 Å². The Bertz CT molecular complexity index is 1470. The van der Waals surface area contributed by atoms with E-state index < -0.39 is 24.5 Å². The number of ether oxygens (including phenoxy) is 1. The summed E-state index contributed by atoms with van der Waals surface area (Å²) in [6.45, 7) is -0.488. The van der Waals surface area contributed by atoms with Crippen molar-refractivity contribution in [3.63, 3.8) is 0 Å². The smallest absolute Gasteiger partial charge is 0.344 e. The first-order valence-electron chi connectivity index (χ1n) is 10.7. The zero-order chi connectivity index (χ0) is 24.2. The van der Waals surface area contributed by atoms with Gasteiger partial charge in [0.05, 0.1) is 17.9 Å². The van der Waals surface area contributed by atoms with Gasteiger partial charge in [-0.15, -0.1) is 11.3 Å². The number of nitrogens with one attached hydrogen (secondary N) is 1. The molecule has 1 unspecified atom stereocenters. The molecule has 5 rings (SSSR count). The first-order chi connectivity index (χ1) is 17.1. The Kier molecular flexibility index (Phi) is 6.32. The Hall–Kier alpha value is -4.37. The third-order valence-corrected chi connectivity index (χ3v) is 6.30. The SMILES string of the molecule is O=C(COC(=O)c1cnn2c(-c3ccccc3)ccnc12)NC(c1ccc(F)cc1)c1cccs1. The highest BCUT2D eigenvalue weighted by Gasteiger charge is 2.21. The maximum Gasteiger partial charge on any atom is 0.344 e. The molecule has 0 aliphatic heterocycles. The van der Waals surface area contributed by atoms with Crippen molar-refractivity contribution in [2.75, 3.05) is 6.61 Å². The van der Waals surface area contributed by atoms with Crippen LogP contribution in [0.4, 0.5) is 4.39 Å². The highest BCUT2D eigenvalue weighted by atomic mass is 32.1. The number of hydrogen-bond donors (Lipinski definition) is 1. The Balaban J connectivity index is 1.30. The summed E-state index contributed by atoms with van der Waals surface area (Å²) < 4.78 is 20.2. The Morgan fingerprint density at radius 1 is 1.03 bits per heavy atom. The fourth-order valence-corrected chi connectivity index (χ4v) is 4.51. The largest absolute Gasteiger partial charge is 0.452 e. The van der Waals surface area contributed by atoms with E-state index in [-0.39, 0.29) is 11.4 Å². The topological polar surface area (TPSA) is 85.6 Å². The summed E-state index contributed by atoms with van der Waals surface area (Å²) in [6.07, 6.45) is 2.97. The Morgan fingerprint density at radius 2 is 1.83 bits per heavy atom. The van der Waals surface area contributed by atoms with Crippen molar-refractivity contribution in [3.05, 3.63) is 112 Å². The van der Waals surface area contributed by atoms with Crippen molar-refractivity contribution >= 4 is 28.9 Å². The number of benzene rings is 2. The number of esters is 1. The number of hydrogen-bond acceptors (Lipinski definition) is 6. The molecule has 0 saturated carbocycles. The number of carbonyl (C=O) groups is 2.